The molecule has 2 heterocycles. The van der Waals surface area contributed by atoms with Crippen molar-refractivity contribution in [3.05, 3.63) is 45.3 Å². The van der Waals surface area contributed by atoms with Crippen molar-refractivity contribution in [2.24, 2.45) is 0 Å². The Morgan fingerprint density at radius 3 is 2.62 bits per heavy atom. The van der Waals surface area contributed by atoms with Crippen LogP contribution in [0.4, 0.5) is 0 Å². The van der Waals surface area contributed by atoms with Crippen molar-refractivity contribution in [3.63, 3.8) is 0 Å². The molecule has 3 aromatic rings. The third kappa shape index (κ3) is 5.11. The van der Waals surface area contributed by atoms with Crippen LogP contribution < -0.4 is 15.5 Å². The van der Waals surface area contributed by atoms with Crippen molar-refractivity contribution in [3.8, 4) is 16.3 Å². The zero-order valence-electron chi connectivity index (χ0n) is 17.2. The van der Waals surface area contributed by atoms with Gasteiger partial charge >= 0.3 is 11.9 Å². The van der Waals surface area contributed by atoms with Gasteiger partial charge in [-0.1, -0.05) is 6.92 Å². The first-order valence-corrected chi connectivity index (χ1v) is 10.4. The molecule has 0 fully saturated rings. The maximum atomic E-state index is 13.0. The van der Waals surface area contributed by atoms with Crippen LogP contribution in [-0.4, -0.2) is 45.7 Å². The van der Waals surface area contributed by atoms with Gasteiger partial charge in [-0.05, 0) is 25.0 Å². The molecule has 1 unspecified atom stereocenters. The lowest BCUT2D eigenvalue weighted by Gasteiger charge is -2.14. The van der Waals surface area contributed by atoms with Gasteiger partial charge in [0.05, 0.1) is 17.4 Å². The SMILES string of the molecule is CCc1cc2c(=O)c(-c3nc(C)cs3)coc2cc1OCC(=O)NC(CC(=O)O)C(=O)O. The summed E-state index contributed by atoms with van der Waals surface area (Å²) in [5, 5.41) is 22.6. The summed E-state index contributed by atoms with van der Waals surface area (Å²) < 4.78 is 11.1. The minimum atomic E-state index is -1.57. The monoisotopic (exact) mass is 460 g/mol. The van der Waals surface area contributed by atoms with E-state index >= 15 is 0 Å². The van der Waals surface area contributed by atoms with E-state index in [-0.39, 0.29) is 11.0 Å². The van der Waals surface area contributed by atoms with Crippen molar-refractivity contribution in [1.82, 2.24) is 10.3 Å². The standard InChI is InChI=1S/C21H20N2O8S/c1-3-11-4-12-16(30-7-13(19(12)27)20-22-10(2)9-32-20)6-15(11)31-8-17(24)23-14(21(28)29)5-18(25)26/h4,6-7,9,14H,3,5,8H2,1-2H3,(H,23,24)(H,25,26)(H,28,29). The van der Waals surface area contributed by atoms with Crippen LogP contribution in [0.2, 0.25) is 0 Å². The summed E-state index contributed by atoms with van der Waals surface area (Å²) in [6.07, 6.45) is 1.06. The van der Waals surface area contributed by atoms with Gasteiger partial charge in [-0.3, -0.25) is 14.4 Å². The molecule has 168 valence electrons. The van der Waals surface area contributed by atoms with Gasteiger partial charge in [-0.2, -0.15) is 0 Å². The van der Waals surface area contributed by atoms with Gasteiger partial charge in [0.1, 0.15) is 28.6 Å². The van der Waals surface area contributed by atoms with Gasteiger partial charge in [-0.25, -0.2) is 9.78 Å². The van der Waals surface area contributed by atoms with Crippen molar-refractivity contribution in [2.45, 2.75) is 32.7 Å². The molecule has 0 bridgehead atoms. The summed E-state index contributed by atoms with van der Waals surface area (Å²) in [6.45, 7) is 3.14. The molecule has 0 radical (unpaired) electrons. The van der Waals surface area contributed by atoms with Crippen molar-refractivity contribution in [2.75, 3.05) is 6.61 Å². The molecule has 0 aliphatic rings. The van der Waals surface area contributed by atoms with E-state index in [1.807, 2.05) is 19.2 Å². The fourth-order valence-corrected chi connectivity index (χ4v) is 3.79. The third-order valence-electron chi connectivity index (χ3n) is 4.56. The first-order chi connectivity index (χ1) is 15.2. The van der Waals surface area contributed by atoms with Crippen LogP contribution >= 0.6 is 11.3 Å². The highest BCUT2D eigenvalue weighted by molar-refractivity contribution is 7.13. The molecule has 3 rings (SSSR count). The van der Waals surface area contributed by atoms with Crippen LogP contribution in [0.3, 0.4) is 0 Å². The number of hydrogen-bond donors (Lipinski definition) is 3. The molecular formula is C21H20N2O8S. The van der Waals surface area contributed by atoms with Crippen molar-refractivity contribution < 1.29 is 33.8 Å². The topological polar surface area (TPSA) is 156 Å². The fourth-order valence-electron chi connectivity index (χ4n) is 2.99. The Labute approximate surface area is 185 Å². The molecule has 11 heteroatoms. The van der Waals surface area contributed by atoms with E-state index < -0.39 is 36.9 Å². The molecule has 2 aromatic heterocycles. The fraction of sp³-hybridized carbons (Fsp3) is 0.286. The number of aliphatic carboxylic acids is 2. The lowest BCUT2D eigenvalue weighted by atomic mass is 10.1. The third-order valence-corrected chi connectivity index (χ3v) is 5.55. The highest BCUT2D eigenvalue weighted by atomic mass is 32.1. The second-order valence-electron chi connectivity index (χ2n) is 6.93. The molecule has 0 aliphatic carbocycles. The molecular weight excluding hydrogens is 440 g/mol. The summed E-state index contributed by atoms with van der Waals surface area (Å²) in [5.41, 5.74) is 1.81. The number of fused-ring (bicyclic) bond motifs is 1. The highest BCUT2D eigenvalue weighted by Gasteiger charge is 2.23. The Morgan fingerprint density at radius 2 is 2.03 bits per heavy atom. The van der Waals surface area contributed by atoms with Crippen LogP contribution in [0, 0.1) is 6.92 Å². The van der Waals surface area contributed by atoms with E-state index in [0.29, 0.717) is 33.7 Å². The van der Waals surface area contributed by atoms with Gasteiger partial charge in [0.15, 0.2) is 6.61 Å². The van der Waals surface area contributed by atoms with Gasteiger partial charge in [0.2, 0.25) is 5.43 Å². The lowest BCUT2D eigenvalue weighted by molar-refractivity contribution is -0.147. The van der Waals surface area contributed by atoms with Crippen molar-refractivity contribution in [1.29, 1.82) is 0 Å². The number of carbonyl (C=O) groups excluding carboxylic acids is 1. The van der Waals surface area contributed by atoms with Crippen LogP contribution in [-0.2, 0) is 20.8 Å². The van der Waals surface area contributed by atoms with Crippen molar-refractivity contribution >= 4 is 40.2 Å². The predicted octanol–water partition coefficient (Wildman–Crippen LogP) is 2.21. The Hall–Kier alpha value is -3.73. The second kappa shape index (κ2) is 9.60. The predicted molar refractivity (Wildman–Crippen MR) is 115 cm³/mol. The summed E-state index contributed by atoms with van der Waals surface area (Å²) in [6, 6.07) is 1.55. The minimum absolute atomic E-state index is 0.238. The van der Waals surface area contributed by atoms with Crippen LogP contribution in [0.1, 0.15) is 24.6 Å². The quantitative estimate of drug-likeness (QED) is 0.435. The molecule has 0 aliphatic heterocycles. The van der Waals surface area contributed by atoms with E-state index in [1.54, 1.807) is 6.07 Å². The van der Waals surface area contributed by atoms with Gasteiger partial charge in [-0.15, -0.1) is 11.3 Å². The number of thiazole rings is 1. The van der Waals surface area contributed by atoms with Gasteiger partial charge < -0.3 is 24.7 Å². The largest absolute Gasteiger partial charge is 0.483 e. The lowest BCUT2D eigenvalue weighted by Crippen LogP contribution is -2.44. The molecule has 1 atom stereocenters. The summed E-state index contributed by atoms with van der Waals surface area (Å²) in [4.78, 5) is 51.2. The average Bonchev–Trinajstić information content (AvgIpc) is 3.17. The first-order valence-electron chi connectivity index (χ1n) is 9.57. The number of aromatic nitrogens is 1. The number of rotatable bonds is 9. The van der Waals surface area contributed by atoms with E-state index in [1.165, 1.54) is 23.7 Å². The van der Waals surface area contributed by atoms with E-state index in [0.717, 1.165) is 5.69 Å². The number of carboxylic acid groups (broad SMARTS) is 2. The summed E-state index contributed by atoms with van der Waals surface area (Å²) >= 11 is 1.34. The first kappa shape index (κ1) is 22.9. The minimum Gasteiger partial charge on any atom is -0.483 e. The molecule has 0 saturated heterocycles. The normalized spacial score (nSPS) is 11.8. The second-order valence-corrected chi connectivity index (χ2v) is 7.79. The number of carboxylic acids is 2. The number of nitrogens with one attached hydrogen (secondary N) is 1. The number of amides is 1. The number of hydrogen-bond acceptors (Lipinski definition) is 8. The molecule has 1 amide bonds. The Kier molecular flexibility index (Phi) is 6.89. The van der Waals surface area contributed by atoms with Gasteiger partial charge in [0, 0.05) is 17.1 Å². The number of aryl methyl sites for hydroxylation is 2. The average molecular weight is 460 g/mol. The van der Waals surface area contributed by atoms with Crippen LogP contribution in [0.25, 0.3) is 21.5 Å². The Morgan fingerprint density at radius 1 is 1.28 bits per heavy atom. The number of ether oxygens (including phenoxy) is 1. The van der Waals surface area contributed by atoms with Gasteiger partial charge in [0.25, 0.3) is 5.91 Å². The van der Waals surface area contributed by atoms with Crippen LogP contribution in [0.15, 0.2) is 33.0 Å². The maximum absolute atomic E-state index is 13.0. The zero-order chi connectivity index (χ0) is 23.4. The smallest absolute Gasteiger partial charge is 0.326 e. The Bertz CT molecular complexity index is 1250. The van der Waals surface area contributed by atoms with Crippen LogP contribution in [0.5, 0.6) is 5.75 Å². The summed E-state index contributed by atoms with van der Waals surface area (Å²) in [7, 11) is 0. The molecule has 32 heavy (non-hydrogen) atoms. The number of benzene rings is 1. The molecule has 0 spiro atoms. The number of carbonyl (C=O) groups is 3. The van der Waals surface area contributed by atoms with E-state index in [2.05, 4.69) is 10.3 Å². The molecule has 0 saturated carbocycles. The number of nitrogens with zero attached hydrogens (tertiary/aromatic N) is 1. The van der Waals surface area contributed by atoms with E-state index in [4.69, 9.17) is 19.4 Å². The highest BCUT2D eigenvalue weighted by Crippen LogP contribution is 2.28. The molecule has 10 nitrogen and oxygen atoms in total. The molecule has 1 aromatic carbocycles. The Balaban J connectivity index is 1.83. The molecule has 3 N–H and O–H groups in total. The maximum Gasteiger partial charge on any atom is 0.326 e. The zero-order valence-corrected chi connectivity index (χ0v) is 18.0. The van der Waals surface area contributed by atoms with E-state index in [9.17, 15) is 19.2 Å². The summed E-state index contributed by atoms with van der Waals surface area (Å²) in [5.74, 6) is -3.32.